The SMILES string of the molecule is CCOC(=O)CN(c1cccc(SC)c1C#N)C1CC1. The van der Waals surface area contributed by atoms with Gasteiger partial charge >= 0.3 is 5.97 Å². The van der Waals surface area contributed by atoms with Crippen LogP contribution in [0.15, 0.2) is 23.1 Å². The maximum absolute atomic E-state index is 11.8. The zero-order chi connectivity index (χ0) is 14.5. The number of ether oxygens (including phenoxy) is 1. The van der Waals surface area contributed by atoms with Crippen LogP contribution >= 0.6 is 11.8 Å². The highest BCUT2D eigenvalue weighted by atomic mass is 32.2. The molecule has 0 aliphatic heterocycles. The third-order valence-corrected chi connectivity index (χ3v) is 4.02. The van der Waals surface area contributed by atoms with Crippen LogP contribution in [0, 0.1) is 11.3 Å². The molecule has 1 fully saturated rings. The molecule has 2 rings (SSSR count). The number of anilines is 1. The number of carbonyl (C=O) groups excluding carboxylic acids is 1. The van der Waals surface area contributed by atoms with Crippen LogP contribution in [-0.4, -0.2) is 31.4 Å². The number of thioether (sulfide) groups is 1. The summed E-state index contributed by atoms with van der Waals surface area (Å²) in [6.07, 6.45) is 4.08. The van der Waals surface area contributed by atoms with E-state index < -0.39 is 0 Å². The molecule has 0 saturated heterocycles. The Morgan fingerprint density at radius 1 is 1.55 bits per heavy atom. The number of rotatable bonds is 6. The second-order valence-electron chi connectivity index (χ2n) is 4.63. The van der Waals surface area contributed by atoms with Crippen LogP contribution in [0.4, 0.5) is 5.69 Å². The molecular formula is C15H18N2O2S. The minimum absolute atomic E-state index is 0.213. The quantitative estimate of drug-likeness (QED) is 0.595. The summed E-state index contributed by atoms with van der Waals surface area (Å²) in [5.74, 6) is -0.238. The molecule has 20 heavy (non-hydrogen) atoms. The van der Waals surface area contributed by atoms with Crippen molar-refractivity contribution < 1.29 is 9.53 Å². The number of hydrogen-bond acceptors (Lipinski definition) is 5. The Morgan fingerprint density at radius 3 is 2.85 bits per heavy atom. The molecule has 1 aliphatic rings. The lowest BCUT2D eigenvalue weighted by molar-refractivity contribution is -0.141. The number of hydrogen-bond donors (Lipinski definition) is 0. The lowest BCUT2D eigenvalue weighted by Crippen LogP contribution is -2.33. The van der Waals surface area contributed by atoms with Gasteiger partial charge in [-0.25, -0.2) is 0 Å². The molecule has 106 valence electrons. The van der Waals surface area contributed by atoms with Crippen molar-refractivity contribution in [1.82, 2.24) is 0 Å². The standard InChI is InChI=1S/C15H18N2O2S/c1-3-19-15(18)10-17(11-7-8-11)13-5-4-6-14(20-2)12(13)9-16/h4-6,11H,3,7-8,10H2,1-2H3. The zero-order valence-electron chi connectivity index (χ0n) is 11.8. The summed E-state index contributed by atoms with van der Waals surface area (Å²) in [5.41, 5.74) is 1.49. The van der Waals surface area contributed by atoms with Crippen LogP contribution in [0.2, 0.25) is 0 Å². The molecule has 5 heteroatoms. The van der Waals surface area contributed by atoms with Gasteiger partial charge in [0.25, 0.3) is 0 Å². The van der Waals surface area contributed by atoms with Crippen molar-refractivity contribution in [2.24, 2.45) is 0 Å². The van der Waals surface area contributed by atoms with Crippen molar-refractivity contribution in [2.75, 3.05) is 24.3 Å². The number of carbonyl (C=O) groups is 1. The topological polar surface area (TPSA) is 53.3 Å². The third-order valence-electron chi connectivity index (χ3n) is 3.24. The van der Waals surface area contributed by atoms with Gasteiger partial charge in [-0.2, -0.15) is 5.26 Å². The maximum Gasteiger partial charge on any atom is 0.325 e. The van der Waals surface area contributed by atoms with E-state index in [1.807, 2.05) is 29.4 Å². The number of nitrogens with zero attached hydrogens (tertiary/aromatic N) is 2. The van der Waals surface area contributed by atoms with Gasteiger partial charge in [-0.3, -0.25) is 4.79 Å². The molecule has 0 spiro atoms. The third kappa shape index (κ3) is 3.26. The van der Waals surface area contributed by atoms with Crippen molar-refractivity contribution in [1.29, 1.82) is 5.26 Å². The van der Waals surface area contributed by atoms with E-state index in [1.165, 1.54) is 0 Å². The van der Waals surface area contributed by atoms with Crippen molar-refractivity contribution in [3.63, 3.8) is 0 Å². The predicted molar refractivity (Wildman–Crippen MR) is 79.9 cm³/mol. The fourth-order valence-corrected chi connectivity index (χ4v) is 2.75. The van der Waals surface area contributed by atoms with Gasteiger partial charge in [0.05, 0.1) is 17.9 Å². The molecule has 0 N–H and O–H groups in total. The van der Waals surface area contributed by atoms with Crippen LogP contribution in [0.3, 0.4) is 0 Å². The fraction of sp³-hybridized carbons (Fsp3) is 0.467. The average molecular weight is 290 g/mol. The Hall–Kier alpha value is -1.67. The molecule has 0 aromatic heterocycles. The molecule has 0 atom stereocenters. The minimum atomic E-state index is -0.238. The molecule has 1 aromatic rings. The van der Waals surface area contributed by atoms with Crippen LogP contribution in [0.5, 0.6) is 0 Å². The van der Waals surface area contributed by atoms with E-state index in [0.29, 0.717) is 18.2 Å². The summed E-state index contributed by atoms with van der Waals surface area (Å²) in [7, 11) is 0. The number of benzene rings is 1. The van der Waals surface area contributed by atoms with E-state index in [-0.39, 0.29) is 12.5 Å². The largest absolute Gasteiger partial charge is 0.465 e. The van der Waals surface area contributed by atoms with Crippen LogP contribution < -0.4 is 4.90 Å². The Kier molecular flexibility index (Phi) is 4.91. The van der Waals surface area contributed by atoms with E-state index in [1.54, 1.807) is 18.7 Å². The summed E-state index contributed by atoms with van der Waals surface area (Å²) in [6, 6.07) is 8.40. The summed E-state index contributed by atoms with van der Waals surface area (Å²) >= 11 is 1.55. The first kappa shape index (κ1) is 14.7. The van der Waals surface area contributed by atoms with E-state index in [0.717, 1.165) is 23.4 Å². The zero-order valence-corrected chi connectivity index (χ0v) is 12.6. The first-order chi connectivity index (χ1) is 9.71. The highest BCUT2D eigenvalue weighted by Crippen LogP contribution is 2.36. The van der Waals surface area contributed by atoms with Crippen LogP contribution in [0.25, 0.3) is 0 Å². The molecule has 0 unspecified atom stereocenters. The van der Waals surface area contributed by atoms with Crippen molar-refractivity contribution in [3.8, 4) is 6.07 Å². The van der Waals surface area contributed by atoms with Crippen molar-refractivity contribution in [2.45, 2.75) is 30.7 Å². The van der Waals surface area contributed by atoms with Crippen LogP contribution in [0.1, 0.15) is 25.3 Å². The predicted octanol–water partition coefficient (Wildman–Crippen LogP) is 2.81. The second kappa shape index (κ2) is 6.67. The molecule has 1 saturated carbocycles. The highest BCUT2D eigenvalue weighted by molar-refractivity contribution is 7.98. The summed E-state index contributed by atoms with van der Waals surface area (Å²) in [5, 5.41) is 9.41. The van der Waals surface area contributed by atoms with Crippen molar-refractivity contribution in [3.05, 3.63) is 23.8 Å². The van der Waals surface area contributed by atoms with Gasteiger partial charge < -0.3 is 9.64 Å². The molecule has 1 aliphatic carbocycles. The van der Waals surface area contributed by atoms with E-state index in [4.69, 9.17) is 4.74 Å². The maximum atomic E-state index is 11.8. The van der Waals surface area contributed by atoms with E-state index in [9.17, 15) is 10.1 Å². The Morgan fingerprint density at radius 2 is 2.30 bits per heavy atom. The summed E-state index contributed by atoms with van der Waals surface area (Å²) < 4.78 is 5.03. The molecule has 0 bridgehead atoms. The molecular weight excluding hydrogens is 272 g/mol. The average Bonchev–Trinajstić information content (AvgIpc) is 3.28. The Balaban J connectivity index is 2.30. The molecule has 0 heterocycles. The van der Waals surface area contributed by atoms with Gasteiger partial charge in [-0.05, 0) is 38.2 Å². The normalized spacial score (nSPS) is 13.7. The lowest BCUT2D eigenvalue weighted by Gasteiger charge is -2.25. The van der Waals surface area contributed by atoms with Gasteiger partial charge in [-0.1, -0.05) is 6.07 Å². The van der Waals surface area contributed by atoms with Gasteiger partial charge in [-0.15, -0.1) is 11.8 Å². The van der Waals surface area contributed by atoms with Crippen LogP contribution in [-0.2, 0) is 9.53 Å². The highest BCUT2D eigenvalue weighted by Gasteiger charge is 2.32. The van der Waals surface area contributed by atoms with Gasteiger partial charge in [0.15, 0.2) is 0 Å². The first-order valence-electron chi connectivity index (χ1n) is 6.70. The molecule has 1 aromatic carbocycles. The smallest absolute Gasteiger partial charge is 0.325 e. The Labute approximate surface area is 123 Å². The van der Waals surface area contributed by atoms with Gasteiger partial charge in [0.2, 0.25) is 0 Å². The minimum Gasteiger partial charge on any atom is -0.465 e. The molecule has 4 nitrogen and oxygen atoms in total. The van der Waals surface area contributed by atoms with Crippen molar-refractivity contribution >= 4 is 23.4 Å². The molecule has 0 amide bonds. The molecule has 0 radical (unpaired) electrons. The second-order valence-corrected chi connectivity index (χ2v) is 5.48. The number of esters is 1. The summed E-state index contributed by atoms with van der Waals surface area (Å²) in [4.78, 5) is 14.7. The van der Waals surface area contributed by atoms with Gasteiger partial charge in [0, 0.05) is 10.9 Å². The van der Waals surface area contributed by atoms with Gasteiger partial charge in [0.1, 0.15) is 12.6 Å². The Bertz CT molecular complexity index is 535. The lowest BCUT2D eigenvalue weighted by atomic mass is 10.1. The summed E-state index contributed by atoms with van der Waals surface area (Å²) in [6.45, 7) is 2.40. The monoisotopic (exact) mass is 290 g/mol. The fourth-order valence-electron chi connectivity index (χ4n) is 2.18. The number of nitriles is 1. The van der Waals surface area contributed by atoms with E-state index in [2.05, 4.69) is 6.07 Å². The van der Waals surface area contributed by atoms with E-state index >= 15 is 0 Å². The first-order valence-corrected chi connectivity index (χ1v) is 7.93.